The lowest BCUT2D eigenvalue weighted by molar-refractivity contribution is -0.122. The summed E-state index contributed by atoms with van der Waals surface area (Å²) in [4.78, 5) is 27.8. The molecule has 6 nitrogen and oxygen atoms in total. The Morgan fingerprint density at radius 3 is 2.44 bits per heavy atom. The van der Waals surface area contributed by atoms with Gasteiger partial charge < -0.3 is 16.0 Å². The Bertz CT molecular complexity index is 585. The minimum Gasteiger partial charge on any atom is -0.351 e. The molecule has 3 N–H and O–H groups in total. The number of anilines is 1. The fraction of sp³-hybridized carbons (Fsp3) is 0.556. The van der Waals surface area contributed by atoms with E-state index in [9.17, 15) is 9.59 Å². The first kappa shape index (κ1) is 19.7. The van der Waals surface area contributed by atoms with E-state index >= 15 is 0 Å². The largest absolute Gasteiger partial charge is 0.351 e. The molecule has 25 heavy (non-hydrogen) atoms. The predicted octanol–water partition coefficient (Wildman–Crippen LogP) is 1.27. The molecule has 2 heterocycles. The van der Waals surface area contributed by atoms with Gasteiger partial charge in [0.2, 0.25) is 11.8 Å². The van der Waals surface area contributed by atoms with E-state index in [1.807, 2.05) is 29.2 Å². The van der Waals surface area contributed by atoms with Gasteiger partial charge in [0.25, 0.3) is 0 Å². The van der Waals surface area contributed by atoms with Crippen LogP contribution in [0.4, 0.5) is 5.69 Å². The number of likely N-dealkylation sites (tertiary alicyclic amines) is 1. The van der Waals surface area contributed by atoms with Crippen molar-refractivity contribution < 1.29 is 9.59 Å². The summed E-state index contributed by atoms with van der Waals surface area (Å²) in [5, 5.41) is 2.96. The number of benzene rings is 1. The second-order valence-corrected chi connectivity index (χ2v) is 6.71. The Hall–Kier alpha value is -1.63. The third-order valence-electron chi connectivity index (χ3n) is 4.81. The van der Waals surface area contributed by atoms with Crippen LogP contribution < -0.4 is 16.0 Å². The number of nitrogens with two attached hydrogens (primary N) is 1. The van der Waals surface area contributed by atoms with E-state index < -0.39 is 0 Å². The average Bonchev–Trinajstić information content (AvgIpc) is 3.02. The molecule has 1 aromatic rings. The zero-order valence-electron chi connectivity index (χ0n) is 14.4. The van der Waals surface area contributed by atoms with E-state index in [0.29, 0.717) is 19.5 Å². The van der Waals surface area contributed by atoms with Gasteiger partial charge in [-0.2, -0.15) is 0 Å². The summed E-state index contributed by atoms with van der Waals surface area (Å²) < 4.78 is 0. The van der Waals surface area contributed by atoms with Crippen LogP contribution in [-0.2, 0) is 16.1 Å². The minimum atomic E-state index is 0. The number of carbonyl (C=O) groups is 2. The van der Waals surface area contributed by atoms with Crippen LogP contribution >= 0.6 is 12.4 Å². The van der Waals surface area contributed by atoms with Crippen molar-refractivity contribution in [1.29, 1.82) is 0 Å². The molecule has 2 amide bonds. The molecule has 1 aromatic carbocycles. The van der Waals surface area contributed by atoms with Crippen molar-refractivity contribution in [3.05, 3.63) is 29.8 Å². The highest BCUT2D eigenvalue weighted by molar-refractivity contribution is 5.95. The van der Waals surface area contributed by atoms with Crippen molar-refractivity contribution in [2.75, 3.05) is 31.1 Å². The fourth-order valence-electron chi connectivity index (χ4n) is 3.29. The molecule has 2 aliphatic rings. The van der Waals surface area contributed by atoms with Crippen LogP contribution in [0.3, 0.4) is 0 Å². The third-order valence-corrected chi connectivity index (χ3v) is 4.81. The highest BCUT2D eigenvalue weighted by atomic mass is 35.5. The average molecular weight is 367 g/mol. The molecular formula is C18H27ClN4O2. The summed E-state index contributed by atoms with van der Waals surface area (Å²) in [6.07, 6.45) is 3.49. The number of carbonyl (C=O) groups excluding carboxylic acids is 2. The van der Waals surface area contributed by atoms with Crippen molar-refractivity contribution in [3.63, 3.8) is 0 Å². The SMILES string of the molecule is Cl.NC1CCN(CC(=O)NCc2ccc(N3CCCC3=O)cc2)CC1. The first-order chi connectivity index (χ1) is 11.6. The zero-order chi connectivity index (χ0) is 16.9. The normalized spacial score (nSPS) is 18.9. The van der Waals surface area contributed by atoms with Crippen LogP contribution in [0, 0.1) is 0 Å². The quantitative estimate of drug-likeness (QED) is 0.822. The zero-order valence-corrected chi connectivity index (χ0v) is 15.3. The summed E-state index contributed by atoms with van der Waals surface area (Å²) >= 11 is 0. The maximum Gasteiger partial charge on any atom is 0.234 e. The molecule has 0 unspecified atom stereocenters. The first-order valence-electron chi connectivity index (χ1n) is 8.76. The molecule has 0 aliphatic carbocycles. The van der Waals surface area contributed by atoms with Crippen LogP contribution in [-0.4, -0.2) is 48.9 Å². The Labute approximate surface area is 155 Å². The molecule has 7 heteroatoms. The highest BCUT2D eigenvalue weighted by Gasteiger charge is 2.21. The van der Waals surface area contributed by atoms with Crippen LogP contribution in [0.25, 0.3) is 0 Å². The van der Waals surface area contributed by atoms with E-state index in [1.165, 1.54) is 0 Å². The molecule has 0 bridgehead atoms. The van der Waals surface area contributed by atoms with Gasteiger partial charge in [-0.05, 0) is 37.0 Å². The lowest BCUT2D eigenvalue weighted by Crippen LogP contribution is -2.44. The van der Waals surface area contributed by atoms with Crippen molar-refractivity contribution in [2.24, 2.45) is 5.73 Å². The predicted molar refractivity (Wildman–Crippen MR) is 101 cm³/mol. The van der Waals surface area contributed by atoms with Gasteiger partial charge in [-0.15, -0.1) is 12.4 Å². The Morgan fingerprint density at radius 2 is 1.84 bits per heavy atom. The lowest BCUT2D eigenvalue weighted by Gasteiger charge is -2.29. The first-order valence-corrected chi connectivity index (χ1v) is 8.76. The van der Waals surface area contributed by atoms with E-state index in [2.05, 4.69) is 10.2 Å². The van der Waals surface area contributed by atoms with Gasteiger partial charge in [0.1, 0.15) is 0 Å². The standard InChI is InChI=1S/C18H26N4O2.ClH/c19-15-7-10-21(11-8-15)13-17(23)20-12-14-3-5-16(6-4-14)22-9-1-2-18(22)24;/h3-6,15H,1-2,7-13,19H2,(H,20,23);1H. The fourth-order valence-corrected chi connectivity index (χ4v) is 3.29. The molecule has 0 radical (unpaired) electrons. The van der Waals surface area contributed by atoms with Crippen molar-refractivity contribution in [1.82, 2.24) is 10.2 Å². The molecule has 0 aromatic heterocycles. The van der Waals surface area contributed by atoms with Crippen LogP contribution in [0.1, 0.15) is 31.2 Å². The Morgan fingerprint density at radius 1 is 1.16 bits per heavy atom. The molecule has 2 fully saturated rings. The van der Waals surface area contributed by atoms with Gasteiger partial charge in [-0.3, -0.25) is 14.5 Å². The van der Waals surface area contributed by atoms with Gasteiger partial charge in [0.15, 0.2) is 0 Å². The van der Waals surface area contributed by atoms with Gasteiger partial charge in [0.05, 0.1) is 6.54 Å². The number of nitrogens with zero attached hydrogens (tertiary/aromatic N) is 2. The summed E-state index contributed by atoms with van der Waals surface area (Å²) in [5.74, 6) is 0.238. The number of hydrogen-bond donors (Lipinski definition) is 2. The van der Waals surface area contributed by atoms with Gasteiger partial charge in [0, 0.05) is 44.3 Å². The Kier molecular flexibility index (Phi) is 7.23. The number of piperidine rings is 1. The third kappa shape index (κ3) is 5.42. The summed E-state index contributed by atoms with van der Waals surface area (Å²) in [6, 6.07) is 8.14. The summed E-state index contributed by atoms with van der Waals surface area (Å²) in [5.41, 5.74) is 7.86. The number of hydrogen-bond acceptors (Lipinski definition) is 4. The number of amides is 2. The second kappa shape index (κ2) is 9.17. The van der Waals surface area contributed by atoms with Crippen LogP contribution in [0.15, 0.2) is 24.3 Å². The Balaban J connectivity index is 0.00000225. The molecule has 0 atom stereocenters. The van der Waals surface area contributed by atoms with E-state index in [4.69, 9.17) is 5.73 Å². The number of rotatable bonds is 5. The second-order valence-electron chi connectivity index (χ2n) is 6.71. The van der Waals surface area contributed by atoms with Crippen LogP contribution in [0.2, 0.25) is 0 Å². The topological polar surface area (TPSA) is 78.7 Å². The van der Waals surface area contributed by atoms with Gasteiger partial charge in [-0.25, -0.2) is 0 Å². The molecule has 138 valence electrons. The van der Waals surface area contributed by atoms with E-state index in [-0.39, 0.29) is 30.3 Å². The highest BCUT2D eigenvalue weighted by Crippen LogP contribution is 2.21. The number of nitrogens with one attached hydrogen (secondary N) is 1. The van der Waals surface area contributed by atoms with Gasteiger partial charge in [-0.1, -0.05) is 12.1 Å². The number of halogens is 1. The molecule has 0 saturated carbocycles. The minimum absolute atomic E-state index is 0. The van der Waals surface area contributed by atoms with Crippen molar-refractivity contribution in [2.45, 2.75) is 38.3 Å². The van der Waals surface area contributed by atoms with Crippen molar-refractivity contribution >= 4 is 29.9 Å². The monoisotopic (exact) mass is 366 g/mol. The summed E-state index contributed by atoms with van der Waals surface area (Å²) in [7, 11) is 0. The van der Waals surface area contributed by atoms with E-state index in [0.717, 1.165) is 50.1 Å². The van der Waals surface area contributed by atoms with Crippen molar-refractivity contribution in [3.8, 4) is 0 Å². The molecule has 0 spiro atoms. The molecule has 2 saturated heterocycles. The lowest BCUT2D eigenvalue weighted by atomic mass is 10.1. The molecule has 2 aliphatic heterocycles. The van der Waals surface area contributed by atoms with Gasteiger partial charge >= 0.3 is 0 Å². The maximum absolute atomic E-state index is 12.0. The summed E-state index contributed by atoms with van der Waals surface area (Å²) in [6.45, 7) is 3.54. The smallest absolute Gasteiger partial charge is 0.234 e. The van der Waals surface area contributed by atoms with Crippen LogP contribution in [0.5, 0.6) is 0 Å². The van der Waals surface area contributed by atoms with E-state index in [1.54, 1.807) is 0 Å². The molecular weight excluding hydrogens is 340 g/mol. The maximum atomic E-state index is 12.0. The molecule has 3 rings (SSSR count).